The van der Waals surface area contributed by atoms with Crippen molar-refractivity contribution < 1.29 is 9.47 Å². The maximum Gasteiger partial charge on any atom is 0.221 e. The summed E-state index contributed by atoms with van der Waals surface area (Å²) in [6, 6.07) is 13.6. The van der Waals surface area contributed by atoms with Crippen molar-refractivity contribution in [2.75, 3.05) is 12.8 Å². The smallest absolute Gasteiger partial charge is 0.221 e. The molecular formula is C19H19BrN4O2. The number of aryl methyl sites for hydroxylation is 1. The van der Waals surface area contributed by atoms with Crippen LogP contribution in [0.4, 0.5) is 5.95 Å². The van der Waals surface area contributed by atoms with E-state index in [4.69, 9.17) is 15.2 Å². The summed E-state index contributed by atoms with van der Waals surface area (Å²) in [6.45, 7) is 2.30. The van der Waals surface area contributed by atoms with Crippen molar-refractivity contribution in [1.29, 1.82) is 0 Å². The largest absolute Gasteiger partial charge is 0.493 e. The Morgan fingerprint density at radius 2 is 2.04 bits per heavy atom. The Hall–Kier alpha value is -2.80. The molecule has 0 unspecified atom stereocenters. The first kappa shape index (κ1) is 18.0. The van der Waals surface area contributed by atoms with Crippen LogP contribution in [-0.4, -0.2) is 23.0 Å². The fourth-order valence-electron chi connectivity index (χ4n) is 2.38. The molecule has 0 fully saturated rings. The Balaban J connectivity index is 1.75. The average Bonchev–Trinajstić information content (AvgIpc) is 2.97. The van der Waals surface area contributed by atoms with Crippen molar-refractivity contribution in [2.24, 2.45) is 5.10 Å². The Morgan fingerprint density at radius 1 is 1.23 bits per heavy atom. The van der Waals surface area contributed by atoms with Gasteiger partial charge < -0.3 is 15.2 Å². The predicted molar refractivity (Wildman–Crippen MR) is 106 cm³/mol. The predicted octanol–water partition coefficient (Wildman–Crippen LogP) is 4.01. The van der Waals surface area contributed by atoms with Crippen LogP contribution in [0.25, 0.3) is 0 Å². The van der Waals surface area contributed by atoms with E-state index >= 15 is 0 Å². The number of anilines is 1. The zero-order chi connectivity index (χ0) is 18.5. The van der Waals surface area contributed by atoms with Gasteiger partial charge in [-0.25, -0.2) is 9.66 Å². The van der Waals surface area contributed by atoms with E-state index in [-0.39, 0.29) is 0 Å². The van der Waals surface area contributed by atoms with Gasteiger partial charge >= 0.3 is 0 Å². The molecule has 0 saturated heterocycles. The molecule has 0 saturated carbocycles. The second-order valence-electron chi connectivity index (χ2n) is 5.62. The van der Waals surface area contributed by atoms with E-state index in [1.807, 2.05) is 49.4 Å². The van der Waals surface area contributed by atoms with Gasteiger partial charge in [0.05, 0.1) is 25.2 Å². The maximum atomic E-state index is 5.90. The molecule has 3 rings (SSSR count). The molecule has 0 spiro atoms. The van der Waals surface area contributed by atoms with Crippen molar-refractivity contribution in [3.05, 3.63) is 70.0 Å². The summed E-state index contributed by atoms with van der Waals surface area (Å²) >= 11 is 3.52. The van der Waals surface area contributed by atoms with Gasteiger partial charge in [0.15, 0.2) is 11.5 Å². The maximum absolute atomic E-state index is 5.90. The fourth-order valence-corrected chi connectivity index (χ4v) is 2.78. The van der Waals surface area contributed by atoms with Gasteiger partial charge in [-0.3, -0.25) is 0 Å². The van der Waals surface area contributed by atoms with Gasteiger partial charge in [0.25, 0.3) is 0 Å². The summed E-state index contributed by atoms with van der Waals surface area (Å²) < 4.78 is 13.9. The third kappa shape index (κ3) is 4.23. The summed E-state index contributed by atoms with van der Waals surface area (Å²) in [5.41, 5.74) is 8.52. The molecule has 2 aromatic carbocycles. The van der Waals surface area contributed by atoms with E-state index in [0.717, 1.165) is 21.3 Å². The minimum atomic E-state index is 0.346. The molecule has 0 aliphatic rings. The fraction of sp³-hybridized carbons (Fsp3) is 0.158. The minimum Gasteiger partial charge on any atom is -0.493 e. The topological polar surface area (TPSA) is 74.7 Å². The van der Waals surface area contributed by atoms with Crippen LogP contribution in [0.5, 0.6) is 11.5 Å². The monoisotopic (exact) mass is 414 g/mol. The minimum absolute atomic E-state index is 0.346. The number of nitrogen functional groups attached to an aromatic ring is 1. The van der Waals surface area contributed by atoms with Gasteiger partial charge in [0, 0.05) is 10.0 Å². The lowest BCUT2D eigenvalue weighted by atomic mass is 10.2. The number of methoxy groups -OCH3 is 1. The molecule has 134 valence electrons. The average molecular weight is 415 g/mol. The highest BCUT2D eigenvalue weighted by Crippen LogP contribution is 2.29. The van der Waals surface area contributed by atoms with Crippen LogP contribution >= 0.6 is 15.9 Å². The molecule has 2 N–H and O–H groups in total. The number of hydrogen-bond donors (Lipinski definition) is 1. The van der Waals surface area contributed by atoms with Crippen LogP contribution in [0.1, 0.15) is 16.8 Å². The first-order chi connectivity index (χ1) is 12.6. The Kier molecular flexibility index (Phi) is 5.58. The zero-order valence-corrected chi connectivity index (χ0v) is 16.1. The highest BCUT2D eigenvalue weighted by Gasteiger charge is 2.07. The second-order valence-corrected chi connectivity index (χ2v) is 6.47. The molecule has 0 aliphatic carbocycles. The first-order valence-corrected chi connectivity index (χ1v) is 8.76. The summed E-state index contributed by atoms with van der Waals surface area (Å²) in [6.07, 6.45) is 3.45. The molecule has 6 nitrogen and oxygen atoms in total. The normalized spacial score (nSPS) is 11.0. The molecule has 0 bridgehead atoms. The van der Waals surface area contributed by atoms with Crippen molar-refractivity contribution >= 4 is 28.1 Å². The summed E-state index contributed by atoms with van der Waals surface area (Å²) in [5.74, 6) is 1.65. The Labute approximate surface area is 160 Å². The number of rotatable bonds is 6. The lowest BCUT2D eigenvalue weighted by molar-refractivity contribution is 0.284. The van der Waals surface area contributed by atoms with E-state index in [0.29, 0.717) is 24.1 Å². The van der Waals surface area contributed by atoms with Gasteiger partial charge in [-0.15, -0.1) is 0 Å². The number of aromatic nitrogens is 2. The molecule has 3 aromatic rings. The van der Waals surface area contributed by atoms with E-state index in [2.05, 4.69) is 26.0 Å². The Bertz CT molecular complexity index is 937. The number of imidazole rings is 1. The van der Waals surface area contributed by atoms with Crippen LogP contribution in [0.15, 0.2) is 58.2 Å². The molecule has 26 heavy (non-hydrogen) atoms. The zero-order valence-electron chi connectivity index (χ0n) is 14.5. The molecule has 0 aliphatic heterocycles. The van der Waals surface area contributed by atoms with Gasteiger partial charge in [-0.05, 0) is 36.8 Å². The first-order valence-electron chi connectivity index (χ1n) is 7.97. The lowest BCUT2D eigenvalue weighted by Gasteiger charge is -2.12. The van der Waals surface area contributed by atoms with Crippen molar-refractivity contribution in [3.63, 3.8) is 0 Å². The van der Waals surface area contributed by atoms with Crippen LogP contribution in [-0.2, 0) is 6.61 Å². The van der Waals surface area contributed by atoms with Crippen molar-refractivity contribution in [1.82, 2.24) is 9.66 Å². The lowest BCUT2D eigenvalue weighted by Crippen LogP contribution is -2.00. The van der Waals surface area contributed by atoms with E-state index in [1.165, 1.54) is 4.68 Å². The number of hydrogen-bond acceptors (Lipinski definition) is 5. The van der Waals surface area contributed by atoms with Crippen molar-refractivity contribution in [3.8, 4) is 11.5 Å². The van der Waals surface area contributed by atoms with Crippen molar-refractivity contribution in [2.45, 2.75) is 13.5 Å². The van der Waals surface area contributed by atoms with Gasteiger partial charge in [0.2, 0.25) is 5.95 Å². The van der Waals surface area contributed by atoms with Gasteiger partial charge in [-0.2, -0.15) is 5.10 Å². The summed E-state index contributed by atoms with van der Waals surface area (Å²) in [5, 5.41) is 4.31. The number of benzene rings is 2. The highest BCUT2D eigenvalue weighted by atomic mass is 79.9. The quantitative estimate of drug-likeness (QED) is 0.618. The molecule has 1 heterocycles. The Morgan fingerprint density at radius 3 is 2.73 bits per heavy atom. The van der Waals surface area contributed by atoms with Crippen LogP contribution in [0.2, 0.25) is 0 Å². The van der Waals surface area contributed by atoms with E-state index < -0.39 is 0 Å². The number of nitrogens with two attached hydrogens (primary N) is 1. The summed E-state index contributed by atoms with van der Waals surface area (Å²) in [4.78, 5) is 4.11. The summed E-state index contributed by atoms with van der Waals surface area (Å²) in [7, 11) is 1.61. The highest BCUT2D eigenvalue weighted by molar-refractivity contribution is 9.10. The molecule has 0 atom stereocenters. The van der Waals surface area contributed by atoms with E-state index in [1.54, 1.807) is 19.5 Å². The van der Waals surface area contributed by atoms with Crippen LogP contribution < -0.4 is 15.2 Å². The standard InChI is InChI=1S/C19H19BrN4O2/c1-13-11-24(19(21)23-13)22-10-14-7-8-17(18(9-14)25-2)26-12-15-5-3-4-6-16(15)20/h3-11H,12H2,1-2H3,(H2,21,23). The number of halogens is 1. The number of nitrogens with zero attached hydrogens (tertiary/aromatic N) is 3. The third-order valence-corrected chi connectivity index (χ3v) is 4.47. The molecular weight excluding hydrogens is 396 g/mol. The number of ether oxygens (including phenoxy) is 2. The molecule has 0 radical (unpaired) electrons. The third-order valence-electron chi connectivity index (χ3n) is 3.69. The molecule has 1 aromatic heterocycles. The van der Waals surface area contributed by atoms with E-state index in [9.17, 15) is 0 Å². The SMILES string of the molecule is COc1cc(C=Nn2cc(C)nc2N)ccc1OCc1ccccc1Br. The molecule has 0 amide bonds. The van der Waals surface area contributed by atoms with Crippen LogP contribution in [0, 0.1) is 6.92 Å². The van der Waals surface area contributed by atoms with Gasteiger partial charge in [0.1, 0.15) is 6.61 Å². The van der Waals surface area contributed by atoms with Crippen LogP contribution in [0.3, 0.4) is 0 Å². The molecule has 7 heteroatoms. The van der Waals surface area contributed by atoms with Gasteiger partial charge in [-0.1, -0.05) is 34.1 Å². The second kappa shape index (κ2) is 8.05.